The number of nitrogens with zero attached hydrogens (tertiary/aromatic N) is 1. The smallest absolute Gasteiger partial charge is 0.227 e. The van der Waals surface area contributed by atoms with Gasteiger partial charge in [-0.1, -0.05) is 24.9 Å². The van der Waals surface area contributed by atoms with E-state index in [0.29, 0.717) is 16.3 Å². The van der Waals surface area contributed by atoms with Gasteiger partial charge in [0.1, 0.15) is 0 Å². The summed E-state index contributed by atoms with van der Waals surface area (Å²) in [5.74, 6) is -0.165. The molecule has 2 atom stereocenters. The highest BCUT2D eigenvalue weighted by atomic mass is 35.5. The molecule has 0 bridgehead atoms. The number of hydrogen-bond acceptors (Lipinski definition) is 3. The topological polar surface area (TPSA) is 78.9 Å². The van der Waals surface area contributed by atoms with Crippen LogP contribution in [0.15, 0.2) is 18.2 Å². The van der Waals surface area contributed by atoms with Crippen LogP contribution in [0.3, 0.4) is 0 Å². The summed E-state index contributed by atoms with van der Waals surface area (Å²) in [5, 5.41) is 11.9. The summed E-state index contributed by atoms with van der Waals surface area (Å²) >= 11 is 6.02. The normalized spacial score (nSPS) is 13.3. The summed E-state index contributed by atoms with van der Waals surface area (Å²) in [6.45, 7) is 3.84. The Labute approximate surface area is 124 Å². The maximum absolute atomic E-state index is 12.0. The van der Waals surface area contributed by atoms with Gasteiger partial charge in [0.2, 0.25) is 5.91 Å². The van der Waals surface area contributed by atoms with Crippen LogP contribution in [0.4, 0.5) is 5.69 Å². The average Bonchev–Trinajstić information content (AvgIpc) is 2.40. The highest BCUT2D eigenvalue weighted by Gasteiger charge is 2.14. The molecule has 0 aliphatic rings. The highest BCUT2D eigenvalue weighted by molar-refractivity contribution is 6.33. The molecule has 0 saturated heterocycles. The Hall–Kier alpha value is -1.57. The first-order valence-electron chi connectivity index (χ1n) is 6.70. The van der Waals surface area contributed by atoms with Crippen LogP contribution in [-0.4, -0.2) is 11.9 Å². The number of anilines is 1. The van der Waals surface area contributed by atoms with Crippen LogP contribution >= 0.6 is 11.6 Å². The van der Waals surface area contributed by atoms with Crippen LogP contribution in [0.1, 0.15) is 38.7 Å². The van der Waals surface area contributed by atoms with Crippen LogP contribution in [0.5, 0.6) is 0 Å². The van der Waals surface area contributed by atoms with Crippen LogP contribution in [-0.2, 0) is 4.79 Å². The Morgan fingerprint density at radius 2 is 2.15 bits per heavy atom. The van der Waals surface area contributed by atoms with Crippen LogP contribution in [0, 0.1) is 17.2 Å². The Morgan fingerprint density at radius 1 is 1.45 bits per heavy atom. The van der Waals surface area contributed by atoms with E-state index in [1.807, 2.05) is 19.9 Å². The van der Waals surface area contributed by atoms with Crippen molar-refractivity contribution in [1.82, 2.24) is 0 Å². The summed E-state index contributed by atoms with van der Waals surface area (Å²) in [6, 6.07) is 6.98. The van der Waals surface area contributed by atoms with Gasteiger partial charge < -0.3 is 11.1 Å². The molecule has 108 valence electrons. The Morgan fingerprint density at radius 3 is 2.70 bits per heavy atom. The number of nitrogens with two attached hydrogens (primary N) is 1. The minimum atomic E-state index is -0.0968. The number of benzene rings is 1. The number of carbonyl (C=O) groups excluding carboxylic acids is 1. The minimum absolute atomic E-state index is 0.0683. The van der Waals surface area contributed by atoms with Crippen molar-refractivity contribution in [2.24, 2.45) is 11.7 Å². The fraction of sp³-hybridized carbons (Fsp3) is 0.467. The van der Waals surface area contributed by atoms with E-state index in [0.717, 1.165) is 19.3 Å². The van der Waals surface area contributed by atoms with Crippen LogP contribution < -0.4 is 11.1 Å². The Bertz CT molecular complexity index is 508. The van der Waals surface area contributed by atoms with Gasteiger partial charge in [-0.3, -0.25) is 4.79 Å². The fourth-order valence-corrected chi connectivity index (χ4v) is 2.05. The molecule has 0 spiro atoms. The maximum atomic E-state index is 12.0. The van der Waals surface area contributed by atoms with Crippen molar-refractivity contribution < 1.29 is 4.79 Å². The SMILES string of the molecule is CC(N)CCCC(C)C(=O)Nc1ccc(C#N)cc1Cl. The third-order valence-electron chi connectivity index (χ3n) is 3.10. The maximum Gasteiger partial charge on any atom is 0.227 e. The summed E-state index contributed by atoms with van der Waals surface area (Å²) < 4.78 is 0. The molecule has 0 heterocycles. The van der Waals surface area contributed by atoms with Crippen molar-refractivity contribution >= 4 is 23.2 Å². The van der Waals surface area contributed by atoms with Crippen molar-refractivity contribution in [1.29, 1.82) is 5.26 Å². The second-order valence-electron chi connectivity index (χ2n) is 5.10. The van der Waals surface area contributed by atoms with Crippen LogP contribution in [0.2, 0.25) is 5.02 Å². The van der Waals surface area contributed by atoms with Gasteiger partial charge in [-0.25, -0.2) is 0 Å². The summed E-state index contributed by atoms with van der Waals surface area (Å²) in [6.07, 6.45) is 2.63. The molecular weight excluding hydrogens is 274 g/mol. The number of amides is 1. The first kappa shape index (κ1) is 16.5. The second kappa shape index (κ2) is 7.88. The lowest BCUT2D eigenvalue weighted by molar-refractivity contribution is -0.119. The zero-order chi connectivity index (χ0) is 15.1. The van der Waals surface area contributed by atoms with E-state index in [9.17, 15) is 4.79 Å². The molecule has 2 unspecified atom stereocenters. The third kappa shape index (κ3) is 5.20. The first-order valence-corrected chi connectivity index (χ1v) is 7.08. The fourth-order valence-electron chi connectivity index (χ4n) is 1.82. The molecular formula is C15H20ClN3O. The quantitative estimate of drug-likeness (QED) is 0.844. The average molecular weight is 294 g/mol. The lowest BCUT2D eigenvalue weighted by atomic mass is 10.0. The molecule has 0 fully saturated rings. The minimum Gasteiger partial charge on any atom is -0.328 e. The Balaban J connectivity index is 2.55. The standard InChI is InChI=1S/C15H20ClN3O/c1-10(4-3-5-11(2)18)15(20)19-14-7-6-12(9-17)8-13(14)16/h6-8,10-11H,3-5,18H2,1-2H3,(H,19,20). The van der Waals surface area contributed by atoms with Gasteiger partial charge in [-0.05, 0) is 38.0 Å². The first-order chi connectivity index (χ1) is 9.43. The van der Waals surface area contributed by atoms with E-state index in [4.69, 9.17) is 22.6 Å². The predicted octanol–water partition coefficient (Wildman–Crippen LogP) is 3.30. The number of hydrogen-bond donors (Lipinski definition) is 2. The predicted molar refractivity (Wildman–Crippen MR) is 81.5 cm³/mol. The second-order valence-corrected chi connectivity index (χ2v) is 5.51. The number of rotatable bonds is 6. The molecule has 0 saturated carbocycles. The van der Waals surface area contributed by atoms with E-state index < -0.39 is 0 Å². The number of carbonyl (C=O) groups is 1. The third-order valence-corrected chi connectivity index (χ3v) is 3.41. The molecule has 0 aliphatic heterocycles. The van der Waals surface area contributed by atoms with Gasteiger partial charge in [0.25, 0.3) is 0 Å². The van der Waals surface area contributed by atoms with Crippen molar-refractivity contribution in [2.75, 3.05) is 5.32 Å². The van der Waals surface area contributed by atoms with Gasteiger partial charge in [0.15, 0.2) is 0 Å². The van der Waals surface area contributed by atoms with E-state index in [2.05, 4.69) is 5.32 Å². The molecule has 0 radical (unpaired) electrons. The van der Waals surface area contributed by atoms with Gasteiger partial charge in [-0.15, -0.1) is 0 Å². The summed E-state index contributed by atoms with van der Waals surface area (Å²) in [4.78, 5) is 12.0. The molecule has 5 heteroatoms. The van der Waals surface area contributed by atoms with Crippen molar-refractivity contribution in [3.63, 3.8) is 0 Å². The molecule has 1 aromatic carbocycles. The largest absolute Gasteiger partial charge is 0.328 e. The zero-order valence-electron chi connectivity index (χ0n) is 11.8. The zero-order valence-corrected chi connectivity index (χ0v) is 12.6. The van der Waals surface area contributed by atoms with Crippen molar-refractivity contribution in [2.45, 2.75) is 39.2 Å². The molecule has 1 aromatic rings. The molecule has 0 aliphatic carbocycles. The van der Waals surface area contributed by atoms with Gasteiger partial charge in [0.05, 0.1) is 22.3 Å². The number of nitrogens with one attached hydrogen (secondary N) is 1. The Kier molecular flexibility index (Phi) is 6.50. The van der Waals surface area contributed by atoms with Crippen molar-refractivity contribution in [3.8, 4) is 6.07 Å². The highest BCUT2D eigenvalue weighted by Crippen LogP contribution is 2.23. The molecule has 1 amide bonds. The molecule has 1 rings (SSSR count). The number of halogens is 1. The monoisotopic (exact) mass is 293 g/mol. The van der Waals surface area contributed by atoms with Gasteiger partial charge in [-0.2, -0.15) is 5.26 Å². The van der Waals surface area contributed by atoms with E-state index >= 15 is 0 Å². The lowest BCUT2D eigenvalue weighted by Gasteiger charge is -2.13. The van der Waals surface area contributed by atoms with Crippen molar-refractivity contribution in [3.05, 3.63) is 28.8 Å². The van der Waals surface area contributed by atoms with Gasteiger partial charge >= 0.3 is 0 Å². The van der Waals surface area contributed by atoms with Gasteiger partial charge in [0, 0.05) is 12.0 Å². The number of nitriles is 1. The summed E-state index contributed by atoms with van der Waals surface area (Å²) in [7, 11) is 0. The molecule has 4 nitrogen and oxygen atoms in total. The summed E-state index contributed by atoms with van der Waals surface area (Å²) in [5.41, 5.74) is 6.69. The lowest BCUT2D eigenvalue weighted by Crippen LogP contribution is -2.21. The molecule has 20 heavy (non-hydrogen) atoms. The van der Waals surface area contributed by atoms with Crippen LogP contribution in [0.25, 0.3) is 0 Å². The van der Waals surface area contributed by atoms with E-state index in [-0.39, 0.29) is 17.9 Å². The molecule has 0 aromatic heterocycles. The molecule has 3 N–H and O–H groups in total. The van der Waals surface area contributed by atoms with E-state index in [1.54, 1.807) is 12.1 Å². The van der Waals surface area contributed by atoms with E-state index in [1.165, 1.54) is 6.07 Å².